The van der Waals surface area contributed by atoms with Crippen LogP contribution in [0.15, 0.2) is 23.5 Å². The zero-order valence-electron chi connectivity index (χ0n) is 5.13. The molecule has 0 aromatic rings. The fourth-order valence-corrected chi connectivity index (χ4v) is 1.10. The Balaban J connectivity index is 2.24. The van der Waals surface area contributed by atoms with Gasteiger partial charge in [-0.1, -0.05) is 0 Å². The van der Waals surface area contributed by atoms with Crippen LogP contribution in [0.25, 0.3) is 0 Å². The largest absolute Gasteiger partial charge is 0.375 e. The Kier molecular flexibility index (Phi) is 1.06. The molecule has 0 saturated carbocycles. The fourth-order valence-electron chi connectivity index (χ4n) is 1.10. The molecule has 0 spiro atoms. The second-order valence-electron chi connectivity index (χ2n) is 2.22. The van der Waals surface area contributed by atoms with Gasteiger partial charge in [0.15, 0.2) is 0 Å². The summed E-state index contributed by atoms with van der Waals surface area (Å²) in [7, 11) is 0. The van der Waals surface area contributed by atoms with Crippen LogP contribution in [0.1, 0.15) is 6.42 Å². The molecule has 2 aliphatic heterocycles. The maximum atomic E-state index is 5.19. The van der Waals surface area contributed by atoms with E-state index >= 15 is 0 Å². The zero-order chi connectivity index (χ0) is 6.10. The van der Waals surface area contributed by atoms with E-state index in [2.05, 4.69) is 11.4 Å². The number of rotatable bonds is 0. The lowest BCUT2D eigenvalue weighted by atomic mass is 10.1. The minimum absolute atomic E-state index is 0.711. The van der Waals surface area contributed by atoms with Gasteiger partial charge in [-0.15, -0.1) is 0 Å². The zero-order valence-corrected chi connectivity index (χ0v) is 5.13. The molecule has 47 valence electrons. The van der Waals surface area contributed by atoms with Crippen molar-refractivity contribution in [1.29, 1.82) is 0 Å². The van der Waals surface area contributed by atoms with E-state index in [-0.39, 0.29) is 0 Å². The molecule has 2 nitrogen and oxygen atoms in total. The van der Waals surface area contributed by atoms with Gasteiger partial charge >= 0.3 is 0 Å². The highest BCUT2D eigenvalue weighted by Gasteiger charge is 2.14. The Bertz CT molecular complexity index is 181. The highest BCUT2D eigenvalue weighted by molar-refractivity contribution is 5.32. The van der Waals surface area contributed by atoms with E-state index in [1.54, 1.807) is 0 Å². The third-order valence-electron chi connectivity index (χ3n) is 1.63. The van der Waals surface area contributed by atoms with Crippen LogP contribution in [-0.2, 0) is 4.74 Å². The van der Waals surface area contributed by atoms with Crippen molar-refractivity contribution in [1.82, 2.24) is 5.32 Å². The SMILES string of the molecule is C1=CC2=C(COCC2)[N]1. The monoisotopic (exact) mass is 122 g/mol. The van der Waals surface area contributed by atoms with E-state index in [9.17, 15) is 0 Å². The molecule has 0 unspecified atom stereocenters. The van der Waals surface area contributed by atoms with Crippen molar-refractivity contribution in [3.8, 4) is 0 Å². The predicted octanol–water partition coefficient (Wildman–Crippen LogP) is 0.792. The molecule has 0 N–H and O–H groups in total. The summed E-state index contributed by atoms with van der Waals surface area (Å²) in [6, 6.07) is 0. The summed E-state index contributed by atoms with van der Waals surface area (Å²) >= 11 is 0. The summed E-state index contributed by atoms with van der Waals surface area (Å²) in [5, 5.41) is 4.13. The molecule has 0 saturated heterocycles. The summed E-state index contributed by atoms with van der Waals surface area (Å²) in [6.07, 6.45) is 4.95. The van der Waals surface area contributed by atoms with Crippen molar-refractivity contribution >= 4 is 0 Å². The predicted molar refractivity (Wildman–Crippen MR) is 33.7 cm³/mol. The molecule has 0 bridgehead atoms. The van der Waals surface area contributed by atoms with Crippen molar-refractivity contribution in [2.75, 3.05) is 13.2 Å². The van der Waals surface area contributed by atoms with E-state index in [0.717, 1.165) is 18.7 Å². The van der Waals surface area contributed by atoms with Crippen LogP contribution < -0.4 is 5.32 Å². The molecule has 2 heterocycles. The summed E-state index contributed by atoms with van der Waals surface area (Å²) < 4.78 is 5.19. The molecule has 0 fully saturated rings. The number of allylic oxidation sites excluding steroid dienone is 1. The van der Waals surface area contributed by atoms with Crippen LogP contribution in [0.4, 0.5) is 0 Å². The minimum atomic E-state index is 0.711. The van der Waals surface area contributed by atoms with E-state index < -0.39 is 0 Å². The quantitative estimate of drug-likeness (QED) is 0.466. The highest BCUT2D eigenvalue weighted by Crippen LogP contribution is 2.19. The maximum Gasteiger partial charge on any atom is 0.0890 e. The van der Waals surface area contributed by atoms with Crippen molar-refractivity contribution in [3.63, 3.8) is 0 Å². The van der Waals surface area contributed by atoms with Gasteiger partial charge < -0.3 is 4.74 Å². The number of hydrogen-bond acceptors (Lipinski definition) is 1. The molecule has 0 aromatic carbocycles. The molecule has 2 heteroatoms. The number of ether oxygens (including phenoxy) is 1. The minimum Gasteiger partial charge on any atom is -0.375 e. The standard InChI is InChI=1S/C7H8NO/c1-3-8-7-5-9-4-2-6(1)7/h1,3H,2,4-5H2. The molecule has 1 radical (unpaired) electrons. The number of nitrogens with zero attached hydrogens (tertiary/aromatic N) is 1. The molecule has 2 rings (SSSR count). The third-order valence-corrected chi connectivity index (χ3v) is 1.63. The fraction of sp³-hybridized carbons (Fsp3) is 0.429. The van der Waals surface area contributed by atoms with Gasteiger partial charge in [0, 0.05) is 6.20 Å². The van der Waals surface area contributed by atoms with Gasteiger partial charge in [-0.3, -0.25) is 5.32 Å². The second-order valence-corrected chi connectivity index (χ2v) is 2.22. The Labute approximate surface area is 54.2 Å². The molecule has 2 aliphatic rings. The first-order valence-electron chi connectivity index (χ1n) is 3.14. The van der Waals surface area contributed by atoms with Crippen LogP contribution in [0, 0.1) is 0 Å². The van der Waals surface area contributed by atoms with Crippen molar-refractivity contribution < 1.29 is 4.74 Å². The van der Waals surface area contributed by atoms with Gasteiger partial charge in [0.25, 0.3) is 0 Å². The Morgan fingerprint density at radius 1 is 1.56 bits per heavy atom. The van der Waals surface area contributed by atoms with Crippen LogP contribution in [0.2, 0.25) is 0 Å². The molecule has 0 aromatic heterocycles. The van der Waals surface area contributed by atoms with Crippen LogP contribution >= 0.6 is 0 Å². The Hall–Kier alpha value is -0.760. The van der Waals surface area contributed by atoms with Crippen LogP contribution in [0.5, 0.6) is 0 Å². The first-order chi connectivity index (χ1) is 4.47. The molecule has 0 atom stereocenters. The van der Waals surface area contributed by atoms with E-state index in [1.807, 2.05) is 6.20 Å². The molecular formula is C7H8NO. The van der Waals surface area contributed by atoms with Crippen LogP contribution in [-0.4, -0.2) is 13.2 Å². The van der Waals surface area contributed by atoms with Gasteiger partial charge in [-0.2, -0.15) is 0 Å². The number of hydrogen-bond donors (Lipinski definition) is 0. The van der Waals surface area contributed by atoms with Crippen molar-refractivity contribution in [2.24, 2.45) is 0 Å². The molecule has 9 heavy (non-hydrogen) atoms. The molecule has 0 aliphatic carbocycles. The third kappa shape index (κ3) is 0.754. The van der Waals surface area contributed by atoms with Crippen molar-refractivity contribution in [3.05, 3.63) is 23.5 Å². The molecule has 0 amide bonds. The summed E-state index contributed by atoms with van der Waals surface area (Å²) in [5.74, 6) is 0. The highest BCUT2D eigenvalue weighted by atomic mass is 16.5. The smallest absolute Gasteiger partial charge is 0.0890 e. The summed E-state index contributed by atoms with van der Waals surface area (Å²) in [6.45, 7) is 1.57. The van der Waals surface area contributed by atoms with Gasteiger partial charge in [0.05, 0.1) is 18.9 Å². The topological polar surface area (TPSA) is 23.3 Å². The van der Waals surface area contributed by atoms with Gasteiger partial charge in [0.1, 0.15) is 0 Å². The average molecular weight is 122 g/mol. The Morgan fingerprint density at radius 2 is 2.56 bits per heavy atom. The molecular weight excluding hydrogens is 114 g/mol. The van der Waals surface area contributed by atoms with Gasteiger partial charge in [-0.05, 0) is 18.1 Å². The second kappa shape index (κ2) is 1.88. The maximum absolute atomic E-state index is 5.19. The normalized spacial score (nSPS) is 24.0. The van der Waals surface area contributed by atoms with Crippen LogP contribution in [0.3, 0.4) is 0 Å². The van der Waals surface area contributed by atoms with E-state index in [4.69, 9.17) is 4.74 Å². The Morgan fingerprint density at radius 3 is 3.44 bits per heavy atom. The lowest BCUT2D eigenvalue weighted by molar-refractivity contribution is 0.145. The summed E-state index contributed by atoms with van der Waals surface area (Å²) in [4.78, 5) is 0. The van der Waals surface area contributed by atoms with E-state index in [1.165, 1.54) is 5.57 Å². The first-order valence-corrected chi connectivity index (χ1v) is 3.14. The van der Waals surface area contributed by atoms with E-state index in [0.29, 0.717) is 6.61 Å². The van der Waals surface area contributed by atoms with Gasteiger partial charge in [-0.25, -0.2) is 0 Å². The average Bonchev–Trinajstić information content (AvgIpc) is 2.33. The lowest BCUT2D eigenvalue weighted by Gasteiger charge is -2.12. The van der Waals surface area contributed by atoms with Gasteiger partial charge in [0.2, 0.25) is 0 Å². The first kappa shape index (κ1) is 5.06. The summed E-state index contributed by atoms with van der Waals surface area (Å²) in [5.41, 5.74) is 2.49. The van der Waals surface area contributed by atoms with Crippen molar-refractivity contribution in [2.45, 2.75) is 6.42 Å². The lowest BCUT2D eigenvalue weighted by Crippen LogP contribution is -2.11.